The standard InChI is InChI=1S/C18H19FN2O3S/c1-25(23,24)17-5-3-2-4-16(17)18(22)21-12-10-20(11-13-21)15-8-6-14(19)7-9-15/h2-9H,10-13H2,1H3. The van der Waals surface area contributed by atoms with Crippen LogP contribution in [0.1, 0.15) is 10.4 Å². The molecule has 0 radical (unpaired) electrons. The number of carbonyl (C=O) groups is 1. The summed E-state index contributed by atoms with van der Waals surface area (Å²) in [6.45, 7) is 2.18. The summed E-state index contributed by atoms with van der Waals surface area (Å²) in [7, 11) is -3.47. The largest absolute Gasteiger partial charge is 0.368 e. The van der Waals surface area contributed by atoms with Crippen LogP contribution in [-0.4, -0.2) is 51.7 Å². The van der Waals surface area contributed by atoms with Gasteiger partial charge < -0.3 is 9.80 Å². The molecular formula is C18H19FN2O3S. The average Bonchev–Trinajstić information content (AvgIpc) is 2.61. The van der Waals surface area contributed by atoms with Crippen LogP contribution in [-0.2, 0) is 9.84 Å². The molecule has 2 aromatic rings. The van der Waals surface area contributed by atoms with Gasteiger partial charge in [-0.2, -0.15) is 0 Å². The van der Waals surface area contributed by atoms with Crippen molar-refractivity contribution in [2.75, 3.05) is 37.3 Å². The Bertz CT molecular complexity index is 873. The van der Waals surface area contributed by atoms with Gasteiger partial charge in [-0.1, -0.05) is 12.1 Å². The van der Waals surface area contributed by atoms with E-state index in [9.17, 15) is 17.6 Å². The van der Waals surface area contributed by atoms with Crippen LogP contribution in [0.15, 0.2) is 53.4 Å². The highest BCUT2D eigenvalue weighted by Crippen LogP contribution is 2.20. The van der Waals surface area contributed by atoms with E-state index in [4.69, 9.17) is 0 Å². The zero-order valence-electron chi connectivity index (χ0n) is 13.9. The monoisotopic (exact) mass is 362 g/mol. The lowest BCUT2D eigenvalue weighted by Crippen LogP contribution is -2.49. The third-order valence-electron chi connectivity index (χ3n) is 4.28. The Kier molecular flexibility index (Phi) is 4.76. The highest BCUT2D eigenvalue weighted by atomic mass is 32.2. The molecule has 0 aromatic heterocycles. The molecule has 5 nitrogen and oxygen atoms in total. The molecule has 7 heteroatoms. The Hall–Kier alpha value is -2.41. The number of piperazine rings is 1. The Morgan fingerprint density at radius 2 is 1.56 bits per heavy atom. The van der Waals surface area contributed by atoms with Gasteiger partial charge in [-0.25, -0.2) is 12.8 Å². The number of rotatable bonds is 3. The second-order valence-electron chi connectivity index (χ2n) is 6.02. The maximum Gasteiger partial charge on any atom is 0.255 e. The predicted octanol–water partition coefficient (Wildman–Crippen LogP) is 2.19. The van der Waals surface area contributed by atoms with E-state index in [1.54, 1.807) is 35.2 Å². The summed E-state index contributed by atoms with van der Waals surface area (Å²) in [6.07, 6.45) is 1.10. The van der Waals surface area contributed by atoms with Crippen molar-refractivity contribution in [2.45, 2.75) is 4.90 Å². The quantitative estimate of drug-likeness (QED) is 0.840. The molecule has 0 spiro atoms. The predicted molar refractivity (Wildman–Crippen MR) is 94.1 cm³/mol. The maximum absolute atomic E-state index is 13.0. The first-order valence-electron chi connectivity index (χ1n) is 7.95. The van der Waals surface area contributed by atoms with Crippen molar-refractivity contribution in [3.05, 3.63) is 59.9 Å². The third kappa shape index (κ3) is 3.82. The Labute approximate surface area is 146 Å². The number of carbonyl (C=O) groups excluding carboxylic acids is 1. The Morgan fingerprint density at radius 1 is 0.960 bits per heavy atom. The Balaban J connectivity index is 1.73. The third-order valence-corrected chi connectivity index (χ3v) is 5.43. The van der Waals surface area contributed by atoms with Crippen molar-refractivity contribution in [3.8, 4) is 0 Å². The first-order valence-corrected chi connectivity index (χ1v) is 9.84. The van der Waals surface area contributed by atoms with Gasteiger partial charge in [0.1, 0.15) is 5.82 Å². The first-order chi connectivity index (χ1) is 11.9. The van der Waals surface area contributed by atoms with Crippen molar-refractivity contribution >= 4 is 21.4 Å². The minimum Gasteiger partial charge on any atom is -0.368 e. The van der Waals surface area contributed by atoms with E-state index in [0.717, 1.165) is 11.9 Å². The van der Waals surface area contributed by atoms with Gasteiger partial charge in [-0.05, 0) is 36.4 Å². The van der Waals surface area contributed by atoms with Crippen LogP contribution in [0.5, 0.6) is 0 Å². The summed E-state index contributed by atoms with van der Waals surface area (Å²) in [5.41, 5.74) is 1.12. The van der Waals surface area contributed by atoms with Crippen LogP contribution in [0.3, 0.4) is 0 Å². The molecule has 1 aliphatic rings. The molecule has 0 aliphatic carbocycles. The van der Waals surface area contributed by atoms with E-state index in [0.29, 0.717) is 26.2 Å². The molecule has 0 N–H and O–H groups in total. The van der Waals surface area contributed by atoms with Crippen molar-refractivity contribution < 1.29 is 17.6 Å². The minimum absolute atomic E-state index is 0.0564. The van der Waals surface area contributed by atoms with E-state index in [2.05, 4.69) is 4.90 Å². The molecule has 132 valence electrons. The van der Waals surface area contributed by atoms with E-state index < -0.39 is 9.84 Å². The summed E-state index contributed by atoms with van der Waals surface area (Å²) in [5, 5.41) is 0. The van der Waals surface area contributed by atoms with Gasteiger partial charge in [0.25, 0.3) is 5.91 Å². The summed E-state index contributed by atoms with van der Waals surface area (Å²) in [4.78, 5) is 16.5. The molecule has 3 rings (SSSR count). The van der Waals surface area contributed by atoms with Crippen molar-refractivity contribution in [2.24, 2.45) is 0 Å². The molecule has 1 amide bonds. The molecule has 0 atom stereocenters. The van der Waals surface area contributed by atoms with Crippen LogP contribution in [0.25, 0.3) is 0 Å². The van der Waals surface area contributed by atoms with Crippen LogP contribution < -0.4 is 4.90 Å². The molecule has 0 unspecified atom stereocenters. The van der Waals surface area contributed by atoms with Gasteiger partial charge in [0, 0.05) is 38.1 Å². The van der Waals surface area contributed by atoms with Gasteiger partial charge in [-0.15, -0.1) is 0 Å². The number of sulfone groups is 1. The zero-order chi connectivity index (χ0) is 18.0. The maximum atomic E-state index is 13.0. The number of anilines is 1. The van der Waals surface area contributed by atoms with Crippen LogP contribution in [0.4, 0.5) is 10.1 Å². The number of halogens is 1. The fraction of sp³-hybridized carbons (Fsp3) is 0.278. The molecule has 0 saturated carbocycles. The number of hydrogen-bond acceptors (Lipinski definition) is 4. The van der Waals surface area contributed by atoms with Crippen molar-refractivity contribution in [1.82, 2.24) is 4.90 Å². The molecule has 1 aliphatic heterocycles. The summed E-state index contributed by atoms with van der Waals surface area (Å²) >= 11 is 0. The van der Waals surface area contributed by atoms with E-state index in [-0.39, 0.29) is 22.2 Å². The summed E-state index contributed by atoms with van der Waals surface area (Å²) in [5.74, 6) is -0.560. The Morgan fingerprint density at radius 3 is 2.16 bits per heavy atom. The lowest BCUT2D eigenvalue weighted by atomic mass is 10.1. The van der Waals surface area contributed by atoms with Crippen LogP contribution in [0.2, 0.25) is 0 Å². The second kappa shape index (κ2) is 6.84. The fourth-order valence-electron chi connectivity index (χ4n) is 2.96. The average molecular weight is 362 g/mol. The van der Waals surface area contributed by atoms with Gasteiger partial charge in [0.05, 0.1) is 10.5 Å². The van der Waals surface area contributed by atoms with Gasteiger partial charge in [0.15, 0.2) is 9.84 Å². The lowest BCUT2D eigenvalue weighted by molar-refractivity contribution is 0.0743. The smallest absolute Gasteiger partial charge is 0.255 e. The fourth-order valence-corrected chi connectivity index (χ4v) is 3.84. The molecule has 1 heterocycles. The van der Waals surface area contributed by atoms with Crippen molar-refractivity contribution in [3.63, 3.8) is 0 Å². The highest BCUT2D eigenvalue weighted by Gasteiger charge is 2.26. The van der Waals surface area contributed by atoms with Crippen molar-refractivity contribution in [1.29, 1.82) is 0 Å². The molecule has 25 heavy (non-hydrogen) atoms. The first kappa shape index (κ1) is 17.4. The SMILES string of the molecule is CS(=O)(=O)c1ccccc1C(=O)N1CCN(c2ccc(F)cc2)CC1. The number of hydrogen-bond donors (Lipinski definition) is 0. The van der Waals surface area contributed by atoms with Gasteiger partial charge in [-0.3, -0.25) is 4.79 Å². The van der Waals surface area contributed by atoms with E-state index in [1.807, 2.05) is 0 Å². The molecule has 2 aromatic carbocycles. The van der Waals surface area contributed by atoms with Gasteiger partial charge in [0.2, 0.25) is 0 Å². The minimum atomic E-state index is -3.47. The molecule has 1 saturated heterocycles. The van der Waals surface area contributed by atoms with E-state index >= 15 is 0 Å². The topological polar surface area (TPSA) is 57.7 Å². The molecular weight excluding hydrogens is 343 g/mol. The lowest BCUT2D eigenvalue weighted by Gasteiger charge is -2.36. The number of benzene rings is 2. The van der Waals surface area contributed by atoms with E-state index in [1.165, 1.54) is 18.2 Å². The zero-order valence-corrected chi connectivity index (χ0v) is 14.7. The summed E-state index contributed by atoms with van der Waals surface area (Å²) < 4.78 is 36.8. The second-order valence-corrected chi connectivity index (χ2v) is 8.01. The van der Waals surface area contributed by atoms with Gasteiger partial charge >= 0.3 is 0 Å². The van der Waals surface area contributed by atoms with Crippen LogP contribution >= 0.6 is 0 Å². The highest BCUT2D eigenvalue weighted by molar-refractivity contribution is 7.90. The summed E-state index contributed by atoms with van der Waals surface area (Å²) in [6, 6.07) is 12.5. The molecule has 0 bridgehead atoms. The molecule has 1 fully saturated rings. The number of nitrogens with zero attached hydrogens (tertiary/aromatic N) is 2. The number of amides is 1. The normalized spacial score (nSPS) is 15.3. The van der Waals surface area contributed by atoms with Crippen LogP contribution in [0, 0.1) is 5.82 Å².